The predicted molar refractivity (Wildman–Crippen MR) is 100 cm³/mol. The Morgan fingerprint density at radius 1 is 0.833 bits per heavy atom. The monoisotopic (exact) mass is 327 g/mol. The van der Waals surface area contributed by atoms with E-state index in [2.05, 4.69) is 60.7 Å². The first-order valence-electron chi connectivity index (χ1n) is 8.07. The van der Waals surface area contributed by atoms with Gasteiger partial charge in [0.1, 0.15) is 0 Å². The fourth-order valence-corrected chi connectivity index (χ4v) is 3.91. The van der Waals surface area contributed by atoms with Crippen LogP contribution in [0.25, 0.3) is 33.3 Å². The van der Waals surface area contributed by atoms with Crippen LogP contribution >= 0.6 is 11.6 Å². The first kappa shape index (κ1) is 13.8. The highest BCUT2D eigenvalue weighted by Crippen LogP contribution is 2.44. The second kappa shape index (κ2) is 5.19. The molecule has 4 aromatic rings. The molecule has 0 aliphatic heterocycles. The minimum absolute atomic E-state index is 0.785. The number of nitrogens with zero attached hydrogens (tertiary/aromatic N) is 1. The Labute approximate surface area is 145 Å². The third-order valence-corrected chi connectivity index (χ3v) is 4.98. The number of benzene rings is 3. The molecule has 0 unspecified atom stereocenters. The summed E-state index contributed by atoms with van der Waals surface area (Å²) in [7, 11) is 0. The fraction of sp³-hybridized carbons (Fsp3) is 0.0455. The van der Waals surface area contributed by atoms with Gasteiger partial charge in [0, 0.05) is 22.4 Å². The molecule has 1 aliphatic carbocycles. The summed E-state index contributed by atoms with van der Waals surface area (Å²) in [5, 5.41) is 1.99. The van der Waals surface area contributed by atoms with E-state index in [4.69, 9.17) is 16.6 Å². The van der Waals surface area contributed by atoms with Crippen molar-refractivity contribution in [2.75, 3.05) is 0 Å². The molecule has 3 aromatic carbocycles. The molecule has 114 valence electrons. The Morgan fingerprint density at radius 3 is 2.50 bits per heavy atom. The zero-order chi connectivity index (χ0) is 16.1. The quantitative estimate of drug-likeness (QED) is 0.361. The van der Waals surface area contributed by atoms with Gasteiger partial charge >= 0.3 is 0 Å². The summed E-state index contributed by atoms with van der Waals surface area (Å²) in [6.45, 7) is 0. The summed E-state index contributed by atoms with van der Waals surface area (Å²) in [6.07, 6.45) is 0.882. The molecule has 0 saturated carbocycles. The molecule has 1 heterocycles. The number of rotatable bonds is 1. The Hall–Kier alpha value is -2.64. The smallest absolute Gasteiger partial charge is 0.0754 e. The van der Waals surface area contributed by atoms with Gasteiger partial charge in [0.15, 0.2) is 0 Å². The number of fused-ring (bicyclic) bond motifs is 4. The van der Waals surface area contributed by atoms with Crippen molar-refractivity contribution in [1.29, 1.82) is 0 Å². The molecular weight excluding hydrogens is 314 g/mol. The number of hydrogen-bond donors (Lipinski definition) is 0. The van der Waals surface area contributed by atoms with Crippen molar-refractivity contribution in [2.24, 2.45) is 0 Å². The number of hydrogen-bond acceptors (Lipinski definition) is 1. The van der Waals surface area contributed by atoms with Crippen LogP contribution in [0.15, 0.2) is 72.8 Å². The first-order valence-corrected chi connectivity index (χ1v) is 8.45. The molecule has 5 rings (SSSR count). The minimum atomic E-state index is 0.785. The second-order valence-corrected chi connectivity index (χ2v) is 6.61. The van der Waals surface area contributed by atoms with Crippen LogP contribution in [-0.4, -0.2) is 4.98 Å². The number of para-hydroxylation sites is 1. The van der Waals surface area contributed by atoms with Gasteiger partial charge in [0.05, 0.1) is 11.2 Å². The molecule has 0 N–H and O–H groups in total. The van der Waals surface area contributed by atoms with E-state index in [1.807, 2.05) is 12.1 Å². The molecular formula is C22H14ClN. The Bertz CT molecular complexity index is 1080. The van der Waals surface area contributed by atoms with Crippen molar-refractivity contribution in [3.8, 4) is 22.4 Å². The van der Waals surface area contributed by atoms with Gasteiger partial charge in [0.25, 0.3) is 0 Å². The van der Waals surface area contributed by atoms with E-state index in [-0.39, 0.29) is 0 Å². The Morgan fingerprint density at radius 2 is 1.62 bits per heavy atom. The van der Waals surface area contributed by atoms with Gasteiger partial charge in [-0.1, -0.05) is 66.2 Å². The highest BCUT2D eigenvalue weighted by molar-refractivity contribution is 6.30. The lowest BCUT2D eigenvalue weighted by molar-refractivity contribution is 1.25. The van der Waals surface area contributed by atoms with Gasteiger partial charge in [0.2, 0.25) is 0 Å². The van der Waals surface area contributed by atoms with Crippen molar-refractivity contribution < 1.29 is 0 Å². The Kier molecular flexibility index (Phi) is 2.97. The molecule has 0 fully saturated rings. The molecule has 0 spiro atoms. The zero-order valence-corrected chi connectivity index (χ0v) is 13.7. The molecule has 0 bridgehead atoms. The maximum Gasteiger partial charge on any atom is 0.0754 e. The molecule has 2 heteroatoms. The van der Waals surface area contributed by atoms with Gasteiger partial charge in [-0.15, -0.1) is 0 Å². The molecule has 0 radical (unpaired) electrons. The summed E-state index contributed by atoms with van der Waals surface area (Å²) >= 11 is 6.21. The lowest BCUT2D eigenvalue weighted by Gasteiger charge is -2.13. The van der Waals surface area contributed by atoms with Gasteiger partial charge in [-0.3, -0.25) is 0 Å². The summed E-state index contributed by atoms with van der Waals surface area (Å²) < 4.78 is 0. The van der Waals surface area contributed by atoms with Crippen LogP contribution < -0.4 is 0 Å². The third kappa shape index (κ3) is 1.98. The van der Waals surface area contributed by atoms with Gasteiger partial charge < -0.3 is 0 Å². The second-order valence-electron chi connectivity index (χ2n) is 6.18. The first-order chi connectivity index (χ1) is 11.8. The van der Waals surface area contributed by atoms with Crippen LogP contribution in [0.1, 0.15) is 11.1 Å². The van der Waals surface area contributed by atoms with Crippen molar-refractivity contribution >= 4 is 22.5 Å². The standard InChI is InChI=1S/C22H14ClN/c23-16-10-11-17-15(12-16)13-19-21(14-6-2-1-3-7-14)18-8-4-5-9-20(18)24-22(17)19/h1-12H,13H2. The fourth-order valence-electron chi connectivity index (χ4n) is 3.71. The van der Waals surface area contributed by atoms with Gasteiger partial charge in [-0.05, 0) is 40.5 Å². The number of pyridine rings is 1. The average molecular weight is 328 g/mol. The molecule has 0 amide bonds. The largest absolute Gasteiger partial charge is 0.247 e. The lowest BCUT2D eigenvalue weighted by Crippen LogP contribution is -1.93. The summed E-state index contributed by atoms with van der Waals surface area (Å²) in [6, 6.07) is 25.1. The van der Waals surface area contributed by atoms with Crippen molar-refractivity contribution in [3.05, 3.63) is 88.9 Å². The molecule has 0 saturated heterocycles. The summed E-state index contributed by atoms with van der Waals surface area (Å²) in [5.41, 5.74) is 8.44. The highest BCUT2D eigenvalue weighted by Gasteiger charge is 2.25. The normalized spacial score (nSPS) is 12.2. The van der Waals surface area contributed by atoms with Crippen LogP contribution in [-0.2, 0) is 6.42 Å². The molecule has 0 atom stereocenters. The molecule has 1 nitrogen and oxygen atoms in total. The maximum atomic E-state index is 6.21. The lowest BCUT2D eigenvalue weighted by atomic mass is 9.94. The average Bonchev–Trinajstić information content (AvgIpc) is 2.97. The summed E-state index contributed by atoms with van der Waals surface area (Å²) in [5.74, 6) is 0. The van der Waals surface area contributed by atoms with E-state index in [1.54, 1.807) is 0 Å². The highest BCUT2D eigenvalue weighted by atomic mass is 35.5. The van der Waals surface area contributed by atoms with Crippen molar-refractivity contribution in [3.63, 3.8) is 0 Å². The van der Waals surface area contributed by atoms with E-state index in [1.165, 1.54) is 33.2 Å². The molecule has 1 aliphatic rings. The van der Waals surface area contributed by atoms with Crippen LogP contribution in [0.5, 0.6) is 0 Å². The number of halogens is 1. The van der Waals surface area contributed by atoms with Gasteiger partial charge in [-0.25, -0.2) is 4.98 Å². The third-order valence-electron chi connectivity index (χ3n) is 4.75. The van der Waals surface area contributed by atoms with E-state index in [0.717, 1.165) is 22.7 Å². The predicted octanol–water partition coefficient (Wildman–Crippen LogP) is 6.13. The van der Waals surface area contributed by atoms with Crippen LogP contribution in [0, 0.1) is 0 Å². The topological polar surface area (TPSA) is 12.9 Å². The van der Waals surface area contributed by atoms with Crippen LogP contribution in [0.4, 0.5) is 0 Å². The van der Waals surface area contributed by atoms with E-state index in [9.17, 15) is 0 Å². The van der Waals surface area contributed by atoms with Crippen LogP contribution in [0.2, 0.25) is 5.02 Å². The zero-order valence-electron chi connectivity index (χ0n) is 13.0. The van der Waals surface area contributed by atoms with Crippen molar-refractivity contribution in [1.82, 2.24) is 4.98 Å². The SMILES string of the molecule is Clc1ccc2c(c1)Cc1c-2nc2ccccc2c1-c1ccccc1. The van der Waals surface area contributed by atoms with Crippen LogP contribution in [0.3, 0.4) is 0 Å². The Balaban J connectivity index is 1.90. The van der Waals surface area contributed by atoms with E-state index in [0.29, 0.717) is 0 Å². The molecule has 24 heavy (non-hydrogen) atoms. The van der Waals surface area contributed by atoms with Gasteiger partial charge in [-0.2, -0.15) is 0 Å². The summed E-state index contributed by atoms with van der Waals surface area (Å²) in [4.78, 5) is 4.97. The number of aromatic nitrogens is 1. The minimum Gasteiger partial charge on any atom is -0.247 e. The van der Waals surface area contributed by atoms with E-state index < -0.39 is 0 Å². The van der Waals surface area contributed by atoms with Crippen molar-refractivity contribution in [2.45, 2.75) is 6.42 Å². The molecule has 1 aromatic heterocycles. The maximum absolute atomic E-state index is 6.21. The van der Waals surface area contributed by atoms with E-state index >= 15 is 0 Å².